The van der Waals surface area contributed by atoms with Crippen LogP contribution in [-0.2, 0) is 11.2 Å². The minimum Gasteiger partial charge on any atom is -0.383 e. The first-order valence-electron chi connectivity index (χ1n) is 4.87. The predicted molar refractivity (Wildman–Crippen MR) is 56.8 cm³/mol. The molecule has 0 saturated carbocycles. The van der Waals surface area contributed by atoms with Crippen molar-refractivity contribution < 1.29 is 4.79 Å². The zero-order valence-corrected chi connectivity index (χ0v) is 8.66. The van der Waals surface area contributed by atoms with E-state index in [0.717, 1.165) is 12.0 Å². The number of aromatic nitrogens is 1. The fraction of sp³-hybridized carbons (Fsp3) is 0.455. The molecular weight excluding hydrogens is 176 g/mol. The van der Waals surface area contributed by atoms with Crippen LogP contribution in [0.25, 0.3) is 0 Å². The van der Waals surface area contributed by atoms with E-state index in [1.54, 1.807) is 12.3 Å². The molecule has 0 aliphatic rings. The second kappa shape index (κ2) is 4.74. The van der Waals surface area contributed by atoms with Crippen molar-refractivity contribution in [3.8, 4) is 0 Å². The third-order valence-corrected chi connectivity index (χ3v) is 2.45. The molecule has 0 spiro atoms. The van der Waals surface area contributed by atoms with E-state index in [2.05, 4.69) is 4.98 Å². The minimum atomic E-state index is 0.106. The molecule has 1 atom stereocenters. The molecular formula is C11H16N2O. The molecule has 0 bridgehead atoms. The van der Waals surface area contributed by atoms with Gasteiger partial charge >= 0.3 is 0 Å². The fourth-order valence-electron chi connectivity index (χ4n) is 1.19. The van der Waals surface area contributed by atoms with Gasteiger partial charge in [0.05, 0.1) is 0 Å². The molecule has 0 aromatic carbocycles. The van der Waals surface area contributed by atoms with Gasteiger partial charge in [0.15, 0.2) is 0 Å². The first kappa shape index (κ1) is 10.7. The van der Waals surface area contributed by atoms with E-state index in [4.69, 9.17) is 5.73 Å². The van der Waals surface area contributed by atoms with Crippen molar-refractivity contribution in [3.63, 3.8) is 0 Å². The van der Waals surface area contributed by atoms with Gasteiger partial charge in [0.25, 0.3) is 0 Å². The van der Waals surface area contributed by atoms with Crippen molar-refractivity contribution in [3.05, 3.63) is 23.9 Å². The number of Topliss-reactive ketones (excluding diaryl/α,β-unsaturated/α-hetero) is 1. The highest BCUT2D eigenvalue weighted by Crippen LogP contribution is 2.12. The number of pyridine rings is 1. The minimum absolute atomic E-state index is 0.106. The number of carbonyl (C=O) groups excluding carboxylic acids is 1. The summed E-state index contributed by atoms with van der Waals surface area (Å²) >= 11 is 0. The van der Waals surface area contributed by atoms with Gasteiger partial charge in [-0.25, -0.2) is 4.98 Å². The summed E-state index contributed by atoms with van der Waals surface area (Å²) in [4.78, 5) is 15.6. The largest absolute Gasteiger partial charge is 0.383 e. The summed E-state index contributed by atoms with van der Waals surface area (Å²) in [6.45, 7) is 3.95. The van der Waals surface area contributed by atoms with E-state index in [9.17, 15) is 4.79 Å². The van der Waals surface area contributed by atoms with Crippen LogP contribution in [0.1, 0.15) is 25.8 Å². The number of nitrogen functional groups attached to an aromatic ring is 1. The molecule has 0 aliphatic heterocycles. The van der Waals surface area contributed by atoms with E-state index in [1.165, 1.54) is 0 Å². The van der Waals surface area contributed by atoms with Crippen LogP contribution in [-0.4, -0.2) is 10.8 Å². The molecule has 1 aromatic heterocycles. The molecule has 3 heteroatoms. The summed E-state index contributed by atoms with van der Waals surface area (Å²) in [7, 11) is 0. The highest BCUT2D eigenvalue weighted by Gasteiger charge is 2.12. The van der Waals surface area contributed by atoms with Gasteiger partial charge in [-0.05, 0) is 12.5 Å². The van der Waals surface area contributed by atoms with E-state index >= 15 is 0 Å². The lowest BCUT2D eigenvalue weighted by molar-refractivity contribution is -0.121. The van der Waals surface area contributed by atoms with Gasteiger partial charge in [0.1, 0.15) is 11.6 Å². The van der Waals surface area contributed by atoms with E-state index in [0.29, 0.717) is 12.2 Å². The molecule has 0 aliphatic carbocycles. The maximum absolute atomic E-state index is 11.6. The molecule has 14 heavy (non-hydrogen) atoms. The van der Waals surface area contributed by atoms with Crippen LogP contribution in [0.5, 0.6) is 0 Å². The fourth-order valence-corrected chi connectivity index (χ4v) is 1.19. The van der Waals surface area contributed by atoms with Crippen molar-refractivity contribution in [1.29, 1.82) is 0 Å². The first-order valence-corrected chi connectivity index (χ1v) is 4.87. The summed E-state index contributed by atoms with van der Waals surface area (Å²) in [5.41, 5.74) is 6.48. The molecule has 1 unspecified atom stereocenters. The molecule has 0 radical (unpaired) electrons. The first-order chi connectivity index (χ1) is 6.65. The van der Waals surface area contributed by atoms with Crippen molar-refractivity contribution in [2.24, 2.45) is 5.92 Å². The molecule has 0 amide bonds. The molecule has 2 N–H and O–H groups in total. The van der Waals surface area contributed by atoms with Crippen LogP contribution in [0, 0.1) is 5.92 Å². The third-order valence-electron chi connectivity index (χ3n) is 2.45. The van der Waals surface area contributed by atoms with Crippen molar-refractivity contribution in [2.75, 3.05) is 5.73 Å². The highest BCUT2D eigenvalue weighted by atomic mass is 16.1. The topological polar surface area (TPSA) is 56.0 Å². The Morgan fingerprint density at radius 3 is 2.93 bits per heavy atom. The van der Waals surface area contributed by atoms with E-state index in [-0.39, 0.29) is 11.7 Å². The molecule has 1 rings (SSSR count). The number of carbonyl (C=O) groups is 1. The van der Waals surface area contributed by atoms with Gasteiger partial charge in [-0.3, -0.25) is 4.79 Å². The number of ketones is 1. The number of hydrogen-bond acceptors (Lipinski definition) is 3. The summed E-state index contributed by atoms with van der Waals surface area (Å²) in [6.07, 6.45) is 2.90. The smallest absolute Gasteiger partial charge is 0.140 e. The Morgan fingerprint density at radius 2 is 2.36 bits per heavy atom. The van der Waals surface area contributed by atoms with Crippen molar-refractivity contribution >= 4 is 11.6 Å². The molecule has 1 heterocycles. The van der Waals surface area contributed by atoms with Crippen LogP contribution in [0.4, 0.5) is 5.82 Å². The SMILES string of the molecule is CCC(C)C(=O)Cc1cccnc1N. The predicted octanol–water partition coefficient (Wildman–Crippen LogP) is 1.82. The molecule has 0 saturated heterocycles. The Morgan fingerprint density at radius 1 is 1.64 bits per heavy atom. The number of hydrogen-bond donors (Lipinski definition) is 1. The zero-order valence-electron chi connectivity index (χ0n) is 8.66. The molecule has 0 fully saturated rings. The van der Waals surface area contributed by atoms with Crippen molar-refractivity contribution in [2.45, 2.75) is 26.7 Å². The van der Waals surface area contributed by atoms with Gasteiger partial charge < -0.3 is 5.73 Å². The third kappa shape index (κ3) is 2.55. The maximum atomic E-state index is 11.6. The molecule has 3 nitrogen and oxygen atoms in total. The molecule has 76 valence electrons. The van der Waals surface area contributed by atoms with E-state index in [1.807, 2.05) is 19.9 Å². The monoisotopic (exact) mass is 192 g/mol. The Hall–Kier alpha value is -1.38. The lowest BCUT2D eigenvalue weighted by atomic mass is 9.98. The van der Waals surface area contributed by atoms with Crippen LogP contribution in [0.2, 0.25) is 0 Å². The summed E-state index contributed by atoms with van der Waals surface area (Å²) in [5, 5.41) is 0. The average Bonchev–Trinajstić information content (AvgIpc) is 2.20. The number of anilines is 1. The Balaban J connectivity index is 2.70. The Labute approximate surface area is 84.3 Å². The second-order valence-corrected chi connectivity index (χ2v) is 3.50. The van der Waals surface area contributed by atoms with Gasteiger partial charge in [0, 0.05) is 24.1 Å². The number of nitrogens with zero attached hydrogens (tertiary/aromatic N) is 1. The van der Waals surface area contributed by atoms with Crippen LogP contribution >= 0.6 is 0 Å². The lowest BCUT2D eigenvalue weighted by Gasteiger charge is -2.08. The average molecular weight is 192 g/mol. The van der Waals surface area contributed by atoms with E-state index < -0.39 is 0 Å². The highest BCUT2D eigenvalue weighted by molar-refractivity contribution is 5.83. The Kier molecular flexibility index (Phi) is 3.63. The maximum Gasteiger partial charge on any atom is 0.140 e. The quantitative estimate of drug-likeness (QED) is 0.791. The van der Waals surface area contributed by atoms with Gasteiger partial charge in [-0.1, -0.05) is 19.9 Å². The van der Waals surface area contributed by atoms with Crippen molar-refractivity contribution in [1.82, 2.24) is 4.98 Å². The standard InChI is InChI=1S/C11H16N2O/c1-3-8(2)10(14)7-9-5-4-6-13-11(9)12/h4-6,8H,3,7H2,1-2H3,(H2,12,13). The summed E-state index contributed by atoms with van der Waals surface area (Å²) in [6, 6.07) is 3.65. The van der Waals surface area contributed by atoms with Crippen LogP contribution in [0.3, 0.4) is 0 Å². The number of nitrogens with two attached hydrogens (primary N) is 1. The van der Waals surface area contributed by atoms with Gasteiger partial charge in [-0.15, -0.1) is 0 Å². The zero-order chi connectivity index (χ0) is 10.6. The Bertz CT molecular complexity index is 323. The normalized spacial score (nSPS) is 12.4. The summed E-state index contributed by atoms with van der Waals surface area (Å²) in [5.74, 6) is 0.797. The summed E-state index contributed by atoms with van der Waals surface area (Å²) < 4.78 is 0. The number of rotatable bonds is 4. The van der Waals surface area contributed by atoms with Crippen LogP contribution in [0.15, 0.2) is 18.3 Å². The van der Waals surface area contributed by atoms with Gasteiger partial charge in [0.2, 0.25) is 0 Å². The van der Waals surface area contributed by atoms with Crippen LogP contribution < -0.4 is 5.73 Å². The van der Waals surface area contributed by atoms with Gasteiger partial charge in [-0.2, -0.15) is 0 Å². The lowest BCUT2D eigenvalue weighted by Crippen LogP contribution is -2.14. The molecule has 1 aromatic rings. The second-order valence-electron chi connectivity index (χ2n) is 3.50.